The van der Waals surface area contributed by atoms with Gasteiger partial charge in [0.1, 0.15) is 23.0 Å². The molecule has 0 unspecified atom stereocenters. The molecule has 0 aliphatic heterocycles. The summed E-state index contributed by atoms with van der Waals surface area (Å²) in [4.78, 5) is 31.5. The van der Waals surface area contributed by atoms with Crippen molar-refractivity contribution < 1.29 is 18.7 Å². The molecule has 8 nitrogen and oxygen atoms in total. The van der Waals surface area contributed by atoms with E-state index in [1.165, 1.54) is 6.33 Å². The molecule has 0 spiro atoms. The van der Waals surface area contributed by atoms with Crippen LogP contribution in [-0.2, 0) is 13.1 Å². The molecule has 27 heavy (non-hydrogen) atoms. The minimum atomic E-state index is -0.465. The Bertz CT molecular complexity index is 945. The topological polar surface area (TPSA) is 109 Å². The van der Waals surface area contributed by atoms with Gasteiger partial charge in [0.25, 0.3) is 11.8 Å². The minimum absolute atomic E-state index is 0.0239. The van der Waals surface area contributed by atoms with Gasteiger partial charge in [-0.15, -0.1) is 0 Å². The van der Waals surface area contributed by atoms with Gasteiger partial charge in [0.15, 0.2) is 5.69 Å². The molecule has 0 radical (unpaired) electrons. The van der Waals surface area contributed by atoms with Crippen LogP contribution in [0.15, 0.2) is 47.1 Å². The zero-order chi connectivity index (χ0) is 19.2. The summed E-state index contributed by atoms with van der Waals surface area (Å²) in [6.45, 7) is 2.29. The molecule has 2 heterocycles. The van der Waals surface area contributed by atoms with E-state index in [-0.39, 0.29) is 24.5 Å². The molecule has 3 N–H and O–H groups in total. The number of rotatable bonds is 7. The summed E-state index contributed by atoms with van der Waals surface area (Å²) in [5.74, 6) is 1.16. The van der Waals surface area contributed by atoms with Gasteiger partial charge in [0.05, 0.1) is 20.0 Å². The number of aromatic nitrogens is 2. The lowest BCUT2D eigenvalue weighted by Gasteiger charge is -2.09. The van der Waals surface area contributed by atoms with Crippen LogP contribution in [0.3, 0.4) is 0 Å². The van der Waals surface area contributed by atoms with Crippen LogP contribution < -0.4 is 15.4 Å². The lowest BCUT2D eigenvalue weighted by molar-refractivity contribution is 0.0909. The summed E-state index contributed by atoms with van der Waals surface area (Å²) >= 11 is 0. The average Bonchev–Trinajstić information content (AvgIpc) is 3.33. The highest BCUT2D eigenvalue weighted by Crippen LogP contribution is 2.17. The summed E-state index contributed by atoms with van der Waals surface area (Å²) in [7, 11) is 1.57. The number of hydrogen-bond donors (Lipinski definition) is 3. The molecule has 0 saturated carbocycles. The second kappa shape index (κ2) is 8.22. The van der Waals surface area contributed by atoms with Gasteiger partial charge in [-0.1, -0.05) is 18.2 Å². The van der Waals surface area contributed by atoms with Crippen LogP contribution in [0.1, 0.15) is 38.1 Å². The number of hydrogen-bond acceptors (Lipinski definition) is 5. The fraction of sp³-hybridized carbons (Fsp3) is 0.211. The molecular weight excluding hydrogens is 348 g/mol. The zero-order valence-corrected chi connectivity index (χ0v) is 15.0. The van der Waals surface area contributed by atoms with Crippen LogP contribution in [0, 0.1) is 6.92 Å². The van der Waals surface area contributed by atoms with Crippen LogP contribution >= 0.6 is 0 Å². The predicted octanol–water partition coefficient (Wildman–Crippen LogP) is 2.18. The van der Waals surface area contributed by atoms with Crippen LogP contribution in [0.25, 0.3) is 0 Å². The van der Waals surface area contributed by atoms with Crippen LogP contribution in [0.5, 0.6) is 5.75 Å². The van der Waals surface area contributed by atoms with Crippen molar-refractivity contribution in [1.82, 2.24) is 20.6 Å². The Morgan fingerprint density at radius 2 is 1.89 bits per heavy atom. The summed E-state index contributed by atoms with van der Waals surface area (Å²) in [5, 5.41) is 5.45. The van der Waals surface area contributed by atoms with Gasteiger partial charge < -0.3 is 24.8 Å². The number of furan rings is 1. The monoisotopic (exact) mass is 368 g/mol. The van der Waals surface area contributed by atoms with E-state index in [0.717, 1.165) is 11.3 Å². The second-order valence-corrected chi connectivity index (χ2v) is 5.82. The second-order valence-electron chi connectivity index (χ2n) is 5.82. The summed E-state index contributed by atoms with van der Waals surface area (Å²) in [5.41, 5.74) is 0.945. The number of aryl methyl sites for hydroxylation is 1. The van der Waals surface area contributed by atoms with Crippen LogP contribution in [0.2, 0.25) is 0 Å². The number of ether oxygens (including phenoxy) is 1. The summed E-state index contributed by atoms with van der Waals surface area (Å²) in [6.07, 6.45) is 1.31. The van der Waals surface area contributed by atoms with E-state index in [0.29, 0.717) is 11.5 Å². The standard InChI is InChI=1S/C19H20N4O4/c1-12-7-8-14(27-12)10-21-19(25)17-16(22-11-23-17)18(24)20-9-13-5-3-4-6-15(13)26-2/h3-8,11H,9-10H2,1-2H3,(H,20,24)(H,21,25)(H,22,23). The smallest absolute Gasteiger partial charge is 0.272 e. The molecule has 0 bridgehead atoms. The Kier molecular flexibility index (Phi) is 5.55. The third kappa shape index (κ3) is 4.35. The fourth-order valence-corrected chi connectivity index (χ4v) is 2.58. The Morgan fingerprint density at radius 1 is 1.11 bits per heavy atom. The molecule has 3 rings (SSSR count). The van der Waals surface area contributed by atoms with Gasteiger partial charge in [-0.2, -0.15) is 0 Å². The number of benzene rings is 1. The lowest BCUT2D eigenvalue weighted by atomic mass is 10.2. The van der Waals surface area contributed by atoms with Crippen molar-refractivity contribution in [2.75, 3.05) is 7.11 Å². The van der Waals surface area contributed by atoms with Gasteiger partial charge in [0, 0.05) is 12.1 Å². The van der Waals surface area contributed by atoms with Crippen molar-refractivity contribution in [2.24, 2.45) is 0 Å². The first-order valence-corrected chi connectivity index (χ1v) is 8.35. The Labute approximate surface area is 155 Å². The van der Waals surface area contributed by atoms with E-state index in [9.17, 15) is 9.59 Å². The van der Waals surface area contributed by atoms with E-state index in [1.54, 1.807) is 13.2 Å². The number of methoxy groups -OCH3 is 1. The van der Waals surface area contributed by atoms with Gasteiger partial charge in [-0.3, -0.25) is 9.59 Å². The SMILES string of the molecule is COc1ccccc1CNC(=O)c1[nH]cnc1C(=O)NCc1ccc(C)o1. The lowest BCUT2D eigenvalue weighted by Crippen LogP contribution is -2.29. The average molecular weight is 368 g/mol. The fourth-order valence-electron chi connectivity index (χ4n) is 2.58. The number of H-pyrrole nitrogens is 1. The van der Waals surface area contributed by atoms with Crippen molar-refractivity contribution in [3.63, 3.8) is 0 Å². The molecule has 0 saturated heterocycles. The first-order valence-electron chi connectivity index (χ1n) is 8.35. The molecule has 2 aromatic heterocycles. The van der Waals surface area contributed by atoms with E-state index >= 15 is 0 Å². The molecule has 0 atom stereocenters. The Hall–Kier alpha value is -3.55. The highest BCUT2D eigenvalue weighted by Gasteiger charge is 2.20. The van der Waals surface area contributed by atoms with Crippen molar-refractivity contribution >= 4 is 11.8 Å². The van der Waals surface area contributed by atoms with Crippen molar-refractivity contribution in [2.45, 2.75) is 20.0 Å². The van der Waals surface area contributed by atoms with Crippen molar-refractivity contribution in [1.29, 1.82) is 0 Å². The number of carbonyl (C=O) groups is 2. The molecule has 2 amide bonds. The van der Waals surface area contributed by atoms with E-state index in [4.69, 9.17) is 9.15 Å². The van der Waals surface area contributed by atoms with Crippen molar-refractivity contribution in [3.8, 4) is 5.75 Å². The van der Waals surface area contributed by atoms with E-state index in [2.05, 4.69) is 20.6 Å². The number of imidazole rings is 1. The molecule has 140 valence electrons. The maximum absolute atomic E-state index is 12.5. The number of aromatic amines is 1. The van der Waals surface area contributed by atoms with Crippen LogP contribution in [-0.4, -0.2) is 28.9 Å². The predicted molar refractivity (Wildman–Crippen MR) is 97.4 cm³/mol. The van der Waals surface area contributed by atoms with Gasteiger partial charge in [-0.05, 0) is 25.1 Å². The molecule has 0 aliphatic rings. The first-order chi connectivity index (χ1) is 13.1. The largest absolute Gasteiger partial charge is 0.496 e. The molecule has 3 aromatic rings. The third-order valence-corrected chi connectivity index (χ3v) is 3.93. The zero-order valence-electron chi connectivity index (χ0n) is 15.0. The van der Waals surface area contributed by atoms with Crippen LogP contribution in [0.4, 0.5) is 0 Å². The number of nitrogens with one attached hydrogen (secondary N) is 3. The third-order valence-electron chi connectivity index (χ3n) is 3.93. The highest BCUT2D eigenvalue weighted by molar-refractivity contribution is 6.04. The highest BCUT2D eigenvalue weighted by atomic mass is 16.5. The number of nitrogens with zero attached hydrogens (tertiary/aromatic N) is 1. The number of carbonyl (C=O) groups excluding carboxylic acids is 2. The van der Waals surface area contributed by atoms with Gasteiger partial charge in [0.2, 0.25) is 0 Å². The normalized spacial score (nSPS) is 10.4. The number of amides is 2. The van der Waals surface area contributed by atoms with Gasteiger partial charge >= 0.3 is 0 Å². The number of para-hydroxylation sites is 1. The molecule has 0 aliphatic carbocycles. The van der Waals surface area contributed by atoms with E-state index in [1.807, 2.05) is 37.3 Å². The maximum Gasteiger partial charge on any atom is 0.272 e. The summed E-state index contributed by atoms with van der Waals surface area (Å²) in [6, 6.07) is 11.0. The molecular formula is C19H20N4O4. The van der Waals surface area contributed by atoms with Gasteiger partial charge in [-0.25, -0.2) is 4.98 Å². The molecule has 0 fully saturated rings. The maximum atomic E-state index is 12.5. The van der Waals surface area contributed by atoms with Crippen molar-refractivity contribution in [3.05, 3.63) is 71.2 Å². The summed E-state index contributed by atoms with van der Waals surface area (Å²) < 4.78 is 10.7. The molecule has 1 aromatic carbocycles. The Morgan fingerprint density at radius 3 is 2.63 bits per heavy atom. The Balaban J connectivity index is 1.63. The van der Waals surface area contributed by atoms with E-state index < -0.39 is 11.8 Å². The quantitative estimate of drug-likeness (QED) is 0.592. The molecule has 8 heteroatoms. The minimum Gasteiger partial charge on any atom is -0.496 e. The first kappa shape index (κ1) is 18.2.